The van der Waals surface area contributed by atoms with Crippen LogP contribution in [0.25, 0.3) is 0 Å². The third kappa shape index (κ3) is 4.74. The van der Waals surface area contributed by atoms with E-state index in [1.54, 1.807) is 0 Å². The summed E-state index contributed by atoms with van der Waals surface area (Å²) >= 11 is 0. The number of esters is 1. The van der Waals surface area contributed by atoms with Gasteiger partial charge in [-0.2, -0.15) is 0 Å². The number of carbonyl (C=O) groups is 2. The molecule has 2 aromatic rings. The second-order valence-corrected chi connectivity index (χ2v) is 5.33. The molecule has 0 radical (unpaired) electrons. The zero-order valence-corrected chi connectivity index (χ0v) is 13.2. The van der Waals surface area contributed by atoms with Crippen LogP contribution in [0.3, 0.4) is 0 Å². The van der Waals surface area contributed by atoms with E-state index in [2.05, 4.69) is 5.32 Å². The first-order valence-electron chi connectivity index (χ1n) is 7.41. The van der Waals surface area contributed by atoms with Gasteiger partial charge in [-0.15, -0.1) is 0 Å². The van der Waals surface area contributed by atoms with Gasteiger partial charge in [-0.05, 0) is 23.3 Å². The maximum absolute atomic E-state index is 12.2. The van der Waals surface area contributed by atoms with Crippen LogP contribution in [0.2, 0.25) is 0 Å². The summed E-state index contributed by atoms with van der Waals surface area (Å²) < 4.78 is 4.74. The molecule has 0 bridgehead atoms. The van der Waals surface area contributed by atoms with Crippen molar-refractivity contribution < 1.29 is 24.5 Å². The van der Waals surface area contributed by atoms with Crippen molar-refractivity contribution in [1.29, 1.82) is 0 Å². The molecule has 0 saturated heterocycles. The first kappa shape index (κ1) is 17.3. The molecule has 2 aromatic carbocycles. The van der Waals surface area contributed by atoms with Crippen molar-refractivity contribution in [2.75, 3.05) is 7.11 Å². The van der Waals surface area contributed by atoms with E-state index in [1.807, 2.05) is 30.3 Å². The Morgan fingerprint density at radius 3 is 2.38 bits per heavy atom. The highest BCUT2D eigenvalue weighted by Crippen LogP contribution is 2.25. The van der Waals surface area contributed by atoms with Gasteiger partial charge in [-0.25, -0.2) is 4.79 Å². The minimum atomic E-state index is -0.796. The largest absolute Gasteiger partial charge is 0.504 e. The molecule has 1 amide bonds. The van der Waals surface area contributed by atoms with Gasteiger partial charge < -0.3 is 20.3 Å². The maximum Gasteiger partial charge on any atom is 0.328 e. The summed E-state index contributed by atoms with van der Waals surface area (Å²) in [6.07, 6.45) is 0.288. The summed E-state index contributed by atoms with van der Waals surface area (Å²) in [7, 11) is 1.27. The molecule has 6 nitrogen and oxygen atoms in total. The van der Waals surface area contributed by atoms with Crippen molar-refractivity contribution in [3.8, 4) is 11.5 Å². The van der Waals surface area contributed by atoms with Crippen LogP contribution in [-0.4, -0.2) is 35.2 Å². The Bertz CT molecular complexity index is 715. The summed E-state index contributed by atoms with van der Waals surface area (Å²) in [4.78, 5) is 24.1. The molecule has 0 spiro atoms. The number of ether oxygens (including phenoxy) is 1. The number of rotatable bonds is 6. The number of hydrogen-bond acceptors (Lipinski definition) is 5. The van der Waals surface area contributed by atoms with Crippen LogP contribution in [0.1, 0.15) is 11.1 Å². The van der Waals surface area contributed by atoms with E-state index >= 15 is 0 Å². The lowest BCUT2D eigenvalue weighted by Gasteiger charge is -2.16. The fraction of sp³-hybridized carbons (Fsp3) is 0.222. The number of benzene rings is 2. The van der Waals surface area contributed by atoms with Gasteiger partial charge >= 0.3 is 5.97 Å². The molecule has 24 heavy (non-hydrogen) atoms. The van der Waals surface area contributed by atoms with Crippen LogP contribution in [0.5, 0.6) is 11.5 Å². The van der Waals surface area contributed by atoms with E-state index in [0.29, 0.717) is 12.0 Å². The highest BCUT2D eigenvalue weighted by atomic mass is 16.5. The van der Waals surface area contributed by atoms with E-state index in [1.165, 1.54) is 25.3 Å². The number of phenolic OH excluding ortho intramolecular Hbond substituents is 2. The topological polar surface area (TPSA) is 95.9 Å². The van der Waals surface area contributed by atoms with Crippen LogP contribution in [0.4, 0.5) is 0 Å². The fourth-order valence-corrected chi connectivity index (χ4v) is 2.30. The number of phenols is 2. The van der Waals surface area contributed by atoms with E-state index in [9.17, 15) is 19.8 Å². The lowest BCUT2D eigenvalue weighted by atomic mass is 10.1. The molecule has 1 atom stereocenters. The summed E-state index contributed by atoms with van der Waals surface area (Å²) in [6, 6.07) is 12.6. The van der Waals surface area contributed by atoms with Gasteiger partial charge in [-0.1, -0.05) is 36.4 Å². The van der Waals surface area contributed by atoms with Crippen molar-refractivity contribution in [1.82, 2.24) is 5.32 Å². The SMILES string of the molecule is COC(=O)[C@H](Cc1ccccc1)NC(=O)Cc1ccc(O)c(O)c1. The van der Waals surface area contributed by atoms with Gasteiger partial charge in [0.05, 0.1) is 13.5 Å². The second-order valence-electron chi connectivity index (χ2n) is 5.33. The van der Waals surface area contributed by atoms with Crippen LogP contribution in [0, 0.1) is 0 Å². The van der Waals surface area contributed by atoms with Crippen LogP contribution < -0.4 is 5.32 Å². The van der Waals surface area contributed by atoms with Crippen molar-refractivity contribution in [3.63, 3.8) is 0 Å². The maximum atomic E-state index is 12.2. The molecule has 0 heterocycles. The van der Waals surface area contributed by atoms with Crippen LogP contribution in [-0.2, 0) is 27.2 Å². The average molecular weight is 329 g/mol. The zero-order valence-electron chi connectivity index (χ0n) is 13.2. The predicted octanol–water partition coefficient (Wildman–Crippen LogP) is 1.54. The molecule has 3 N–H and O–H groups in total. The molecule has 0 aromatic heterocycles. The predicted molar refractivity (Wildman–Crippen MR) is 87.6 cm³/mol. The summed E-state index contributed by atoms with van der Waals surface area (Å²) in [5.41, 5.74) is 1.42. The molecule has 2 rings (SSSR count). The third-order valence-electron chi connectivity index (χ3n) is 3.51. The highest BCUT2D eigenvalue weighted by molar-refractivity contribution is 5.85. The number of hydrogen-bond donors (Lipinski definition) is 3. The minimum Gasteiger partial charge on any atom is -0.504 e. The first-order valence-corrected chi connectivity index (χ1v) is 7.41. The average Bonchev–Trinajstić information content (AvgIpc) is 2.58. The fourth-order valence-electron chi connectivity index (χ4n) is 2.30. The minimum absolute atomic E-state index is 0.0316. The van der Waals surface area contributed by atoms with Gasteiger partial charge in [-0.3, -0.25) is 4.79 Å². The zero-order chi connectivity index (χ0) is 17.5. The normalized spacial score (nSPS) is 11.5. The Morgan fingerprint density at radius 1 is 1.04 bits per heavy atom. The lowest BCUT2D eigenvalue weighted by Crippen LogP contribution is -2.43. The smallest absolute Gasteiger partial charge is 0.328 e. The van der Waals surface area contributed by atoms with E-state index < -0.39 is 12.0 Å². The molecular formula is C18H19NO5. The number of amides is 1. The summed E-state index contributed by atoms with van der Waals surface area (Å²) in [5.74, 6) is -1.46. The molecule has 6 heteroatoms. The summed E-state index contributed by atoms with van der Waals surface area (Å²) in [5, 5.41) is 21.4. The monoisotopic (exact) mass is 329 g/mol. The molecule has 0 fully saturated rings. The van der Waals surface area contributed by atoms with Gasteiger partial charge in [0.15, 0.2) is 11.5 Å². The van der Waals surface area contributed by atoms with Gasteiger partial charge in [0.25, 0.3) is 0 Å². The van der Waals surface area contributed by atoms with Crippen molar-refractivity contribution >= 4 is 11.9 Å². The number of nitrogens with one attached hydrogen (secondary N) is 1. The molecule has 0 aliphatic rings. The number of carbonyl (C=O) groups excluding carboxylic acids is 2. The Morgan fingerprint density at radius 2 is 1.75 bits per heavy atom. The molecule has 0 aliphatic carbocycles. The standard InChI is InChI=1S/C18H19NO5/c1-24-18(23)14(9-12-5-3-2-4-6-12)19-17(22)11-13-7-8-15(20)16(21)10-13/h2-8,10,14,20-21H,9,11H2,1H3,(H,19,22)/t14-/m0/s1. The molecule has 126 valence electrons. The van der Waals surface area contributed by atoms with E-state index in [-0.39, 0.29) is 23.8 Å². The first-order chi connectivity index (χ1) is 11.5. The van der Waals surface area contributed by atoms with Gasteiger partial charge in [0.2, 0.25) is 5.91 Å². The quantitative estimate of drug-likeness (QED) is 0.552. The third-order valence-corrected chi connectivity index (χ3v) is 3.51. The van der Waals surface area contributed by atoms with Gasteiger partial charge in [0.1, 0.15) is 6.04 Å². The summed E-state index contributed by atoms with van der Waals surface area (Å²) in [6.45, 7) is 0. The van der Waals surface area contributed by atoms with E-state index in [0.717, 1.165) is 5.56 Å². The number of methoxy groups -OCH3 is 1. The van der Waals surface area contributed by atoms with Gasteiger partial charge in [0, 0.05) is 6.42 Å². The molecule has 0 unspecified atom stereocenters. The van der Waals surface area contributed by atoms with Crippen LogP contribution in [0.15, 0.2) is 48.5 Å². The van der Waals surface area contributed by atoms with Crippen molar-refractivity contribution in [2.24, 2.45) is 0 Å². The molecule has 0 aliphatic heterocycles. The molecular weight excluding hydrogens is 310 g/mol. The Kier molecular flexibility index (Phi) is 5.78. The Labute approximate surface area is 139 Å². The molecule has 0 saturated carbocycles. The highest BCUT2D eigenvalue weighted by Gasteiger charge is 2.22. The Balaban J connectivity index is 2.03. The Hall–Kier alpha value is -3.02. The van der Waals surface area contributed by atoms with Crippen LogP contribution >= 0.6 is 0 Å². The van der Waals surface area contributed by atoms with E-state index in [4.69, 9.17) is 4.74 Å². The van der Waals surface area contributed by atoms with Crippen molar-refractivity contribution in [3.05, 3.63) is 59.7 Å². The number of aromatic hydroxyl groups is 2. The lowest BCUT2D eigenvalue weighted by molar-refractivity contribution is -0.145. The second kappa shape index (κ2) is 8.01. The van der Waals surface area contributed by atoms with Crippen molar-refractivity contribution in [2.45, 2.75) is 18.9 Å².